The minimum absolute atomic E-state index is 0.0109. The van der Waals surface area contributed by atoms with Crippen molar-refractivity contribution in [3.63, 3.8) is 0 Å². The number of nitrogens with one attached hydrogen (secondary N) is 2. The van der Waals surface area contributed by atoms with Crippen molar-refractivity contribution in [2.45, 2.75) is 25.3 Å². The van der Waals surface area contributed by atoms with E-state index in [0.717, 1.165) is 30.8 Å². The van der Waals surface area contributed by atoms with Crippen LogP contribution in [0.25, 0.3) is 0 Å². The zero-order valence-electron chi connectivity index (χ0n) is 20.1. The van der Waals surface area contributed by atoms with E-state index in [1.165, 1.54) is 11.1 Å². The van der Waals surface area contributed by atoms with Gasteiger partial charge in [0.25, 0.3) is 0 Å². The average Bonchev–Trinajstić information content (AvgIpc) is 2.89. The molecular weight excluding hydrogens is 442 g/mol. The fourth-order valence-corrected chi connectivity index (χ4v) is 4.50. The number of hydrogen-bond donors (Lipinski definition) is 2. The van der Waals surface area contributed by atoms with E-state index in [2.05, 4.69) is 22.8 Å². The quantitative estimate of drug-likeness (QED) is 0.473. The smallest absolute Gasteiger partial charge is 0.238 e. The molecule has 0 unspecified atom stereocenters. The predicted molar refractivity (Wildman–Crippen MR) is 137 cm³/mol. The number of nitrogens with zero attached hydrogens (tertiary/aromatic N) is 1. The van der Waals surface area contributed by atoms with Crippen molar-refractivity contribution in [3.8, 4) is 11.5 Å². The van der Waals surface area contributed by atoms with Crippen LogP contribution in [0.3, 0.4) is 0 Å². The maximum atomic E-state index is 13.0. The number of amides is 2. The molecule has 0 aromatic heterocycles. The van der Waals surface area contributed by atoms with Crippen molar-refractivity contribution in [2.24, 2.45) is 0 Å². The summed E-state index contributed by atoms with van der Waals surface area (Å²) in [6.07, 6.45) is 2.91. The van der Waals surface area contributed by atoms with E-state index < -0.39 is 0 Å². The largest absolute Gasteiger partial charge is 0.497 e. The molecule has 3 aromatic rings. The summed E-state index contributed by atoms with van der Waals surface area (Å²) in [5.74, 6) is 1.10. The van der Waals surface area contributed by atoms with E-state index in [9.17, 15) is 9.59 Å². The van der Waals surface area contributed by atoms with Gasteiger partial charge in [0, 0.05) is 17.4 Å². The van der Waals surface area contributed by atoms with E-state index in [-0.39, 0.29) is 30.9 Å². The molecule has 182 valence electrons. The third-order valence-corrected chi connectivity index (χ3v) is 6.22. The second-order valence-electron chi connectivity index (χ2n) is 8.57. The first-order valence-electron chi connectivity index (χ1n) is 11.8. The summed E-state index contributed by atoms with van der Waals surface area (Å²) in [6, 6.07) is 22.7. The molecule has 35 heavy (non-hydrogen) atoms. The van der Waals surface area contributed by atoms with Crippen molar-refractivity contribution in [1.82, 2.24) is 4.90 Å². The number of carbonyl (C=O) groups excluding carboxylic acids is 2. The number of rotatable bonds is 9. The lowest BCUT2D eigenvalue weighted by atomic mass is 9.86. The molecule has 2 N–H and O–H groups in total. The minimum Gasteiger partial charge on any atom is -0.497 e. The molecule has 0 radical (unpaired) electrons. The Bertz CT molecular complexity index is 1080. The van der Waals surface area contributed by atoms with Crippen LogP contribution in [0, 0.1) is 0 Å². The number of benzene rings is 3. The van der Waals surface area contributed by atoms with Crippen LogP contribution in [0.4, 0.5) is 11.4 Å². The molecule has 7 nitrogen and oxygen atoms in total. The molecule has 1 aliphatic rings. The van der Waals surface area contributed by atoms with Gasteiger partial charge in [0.2, 0.25) is 11.8 Å². The number of methoxy groups -OCH3 is 2. The van der Waals surface area contributed by atoms with Gasteiger partial charge in [-0.1, -0.05) is 24.3 Å². The molecule has 0 saturated heterocycles. The second kappa shape index (κ2) is 11.5. The number of carbonyl (C=O) groups is 2. The van der Waals surface area contributed by atoms with Gasteiger partial charge in [-0.3, -0.25) is 14.5 Å². The van der Waals surface area contributed by atoms with E-state index in [0.29, 0.717) is 11.4 Å². The van der Waals surface area contributed by atoms with Gasteiger partial charge in [0.15, 0.2) is 0 Å². The highest BCUT2D eigenvalue weighted by Gasteiger charge is 2.28. The molecule has 1 aliphatic carbocycles. The van der Waals surface area contributed by atoms with Gasteiger partial charge in [-0.25, -0.2) is 0 Å². The van der Waals surface area contributed by atoms with E-state index in [1.54, 1.807) is 62.8 Å². The Hall–Kier alpha value is -3.84. The van der Waals surface area contributed by atoms with Crippen LogP contribution in [0.15, 0.2) is 72.8 Å². The molecule has 2 amide bonds. The molecule has 0 heterocycles. The monoisotopic (exact) mass is 473 g/mol. The summed E-state index contributed by atoms with van der Waals surface area (Å²) in [5, 5.41) is 5.88. The molecule has 0 aliphatic heterocycles. The fourth-order valence-electron chi connectivity index (χ4n) is 4.50. The molecule has 0 saturated carbocycles. The van der Waals surface area contributed by atoms with Crippen molar-refractivity contribution in [2.75, 3.05) is 37.9 Å². The first-order chi connectivity index (χ1) is 17.1. The summed E-state index contributed by atoms with van der Waals surface area (Å²) < 4.78 is 10.4. The Morgan fingerprint density at radius 2 is 1.31 bits per heavy atom. The van der Waals surface area contributed by atoms with Crippen molar-refractivity contribution in [1.29, 1.82) is 0 Å². The van der Waals surface area contributed by atoms with Gasteiger partial charge < -0.3 is 20.1 Å². The van der Waals surface area contributed by atoms with Crippen LogP contribution in [-0.2, 0) is 16.0 Å². The fraction of sp³-hybridized carbons (Fsp3) is 0.286. The van der Waals surface area contributed by atoms with Crippen LogP contribution in [0.1, 0.15) is 30.0 Å². The number of aryl methyl sites for hydroxylation is 1. The highest BCUT2D eigenvalue weighted by molar-refractivity contribution is 5.94. The van der Waals surface area contributed by atoms with Crippen LogP contribution < -0.4 is 20.1 Å². The number of hydrogen-bond acceptors (Lipinski definition) is 5. The Labute approximate surface area is 206 Å². The highest BCUT2D eigenvalue weighted by Crippen LogP contribution is 2.34. The van der Waals surface area contributed by atoms with Gasteiger partial charge in [-0.05, 0) is 78.9 Å². The first-order valence-corrected chi connectivity index (χ1v) is 11.8. The van der Waals surface area contributed by atoms with Gasteiger partial charge in [-0.2, -0.15) is 0 Å². The topological polar surface area (TPSA) is 79.9 Å². The zero-order chi connectivity index (χ0) is 24.6. The molecule has 0 bridgehead atoms. The number of ether oxygens (including phenoxy) is 2. The Morgan fingerprint density at radius 3 is 1.83 bits per heavy atom. The molecule has 4 rings (SSSR count). The lowest BCUT2D eigenvalue weighted by Gasteiger charge is -2.35. The molecule has 7 heteroatoms. The van der Waals surface area contributed by atoms with Crippen LogP contribution in [-0.4, -0.2) is 44.0 Å². The number of fused-ring (bicyclic) bond motifs is 1. The summed E-state index contributed by atoms with van der Waals surface area (Å²) >= 11 is 0. The summed E-state index contributed by atoms with van der Waals surface area (Å²) in [6.45, 7) is 0.197. The third-order valence-electron chi connectivity index (χ3n) is 6.22. The molecule has 1 atom stereocenters. The lowest BCUT2D eigenvalue weighted by molar-refractivity contribution is -0.121. The van der Waals surface area contributed by atoms with Crippen LogP contribution in [0.2, 0.25) is 0 Å². The third kappa shape index (κ3) is 6.39. The van der Waals surface area contributed by atoms with Gasteiger partial charge in [-0.15, -0.1) is 0 Å². The van der Waals surface area contributed by atoms with E-state index in [4.69, 9.17) is 9.47 Å². The highest BCUT2D eigenvalue weighted by atomic mass is 16.5. The molecular formula is C28H31N3O4. The zero-order valence-corrected chi connectivity index (χ0v) is 20.1. The Balaban J connectivity index is 1.49. The lowest BCUT2D eigenvalue weighted by Crippen LogP contribution is -2.42. The van der Waals surface area contributed by atoms with Gasteiger partial charge in [0.1, 0.15) is 11.5 Å². The SMILES string of the molecule is COc1ccc(NC(=O)CN(CC(=O)Nc2ccc(OC)cc2)[C@@H]2CCCc3ccccc32)cc1. The molecule has 0 spiro atoms. The molecule has 3 aromatic carbocycles. The maximum absolute atomic E-state index is 13.0. The maximum Gasteiger partial charge on any atom is 0.238 e. The van der Waals surface area contributed by atoms with Gasteiger partial charge in [0.05, 0.1) is 27.3 Å². The minimum atomic E-state index is -0.171. The summed E-state index contributed by atoms with van der Waals surface area (Å²) in [4.78, 5) is 28.0. The normalized spacial score (nSPS) is 14.7. The molecule has 0 fully saturated rings. The van der Waals surface area contributed by atoms with Crippen LogP contribution in [0.5, 0.6) is 11.5 Å². The van der Waals surface area contributed by atoms with Crippen LogP contribution >= 0.6 is 0 Å². The van der Waals surface area contributed by atoms with Crippen molar-refractivity contribution in [3.05, 3.63) is 83.9 Å². The van der Waals surface area contributed by atoms with Gasteiger partial charge >= 0.3 is 0 Å². The number of anilines is 2. The Kier molecular flexibility index (Phi) is 8.00. The van der Waals surface area contributed by atoms with E-state index >= 15 is 0 Å². The summed E-state index contributed by atoms with van der Waals surface area (Å²) in [7, 11) is 3.20. The van der Waals surface area contributed by atoms with Crippen molar-refractivity contribution < 1.29 is 19.1 Å². The van der Waals surface area contributed by atoms with E-state index in [1.807, 2.05) is 17.0 Å². The second-order valence-corrected chi connectivity index (χ2v) is 8.57. The Morgan fingerprint density at radius 1 is 0.800 bits per heavy atom. The standard InChI is InChI=1S/C28H31N3O4/c1-34-23-14-10-21(11-15-23)29-27(32)18-31(26-9-5-7-20-6-3-4-8-25(20)26)19-28(33)30-22-12-16-24(35-2)17-13-22/h3-4,6,8,10-17,26H,5,7,9,18-19H2,1-2H3,(H,29,32)(H,30,33)/t26-/m1/s1. The average molecular weight is 474 g/mol. The summed E-state index contributed by atoms with van der Waals surface area (Å²) in [5.41, 5.74) is 3.83. The predicted octanol–water partition coefficient (Wildman–Crippen LogP) is 4.66. The first kappa shape index (κ1) is 24.3. The van der Waals surface area contributed by atoms with Crippen molar-refractivity contribution >= 4 is 23.2 Å².